The van der Waals surface area contributed by atoms with E-state index in [2.05, 4.69) is 0 Å². The van der Waals surface area contributed by atoms with Crippen LogP contribution in [0, 0.1) is 0 Å². The summed E-state index contributed by atoms with van der Waals surface area (Å²) in [6, 6.07) is 9.54. The van der Waals surface area contributed by atoms with Crippen LogP contribution < -0.4 is 0 Å². The van der Waals surface area contributed by atoms with Crippen LogP contribution in [-0.2, 0) is 15.8 Å². The van der Waals surface area contributed by atoms with Gasteiger partial charge in [-0.1, -0.05) is 42.1 Å². The lowest BCUT2D eigenvalue weighted by atomic mass is 10.1. The maximum absolute atomic E-state index is 11.3. The second kappa shape index (κ2) is 7.10. The minimum Gasteiger partial charge on any atom is -0.324 e. The first-order valence-corrected chi connectivity index (χ1v) is 8.29. The van der Waals surface area contributed by atoms with Crippen molar-refractivity contribution in [1.29, 1.82) is 0 Å². The molecule has 0 aliphatic carbocycles. The molecule has 1 unspecified atom stereocenters. The summed E-state index contributed by atoms with van der Waals surface area (Å²) < 4.78 is 11.3. The molecule has 4 nitrogen and oxygen atoms in total. The van der Waals surface area contributed by atoms with Crippen LogP contribution in [0.25, 0.3) is 0 Å². The third-order valence-corrected chi connectivity index (χ3v) is 5.18. The van der Waals surface area contributed by atoms with Gasteiger partial charge in [0.2, 0.25) is 0 Å². The molecule has 0 amide bonds. The van der Waals surface area contributed by atoms with Gasteiger partial charge in [0.05, 0.1) is 5.66 Å². The molecule has 18 heavy (non-hydrogen) atoms. The molecule has 6 heteroatoms. The van der Waals surface area contributed by atoms with Crippen LogP contribution in [0.4, 0.5) is 0 Å². The van der Waals surface area contributed by atoms with Crippen molar-refractivity contribution < 1.29 is 19.1 Å². The van der Waals surface area contributed by atoms with Crippen LogP contribution in [0.3, 0.4) is 0 Å². The molecule has 2 N–H and O–H groups in total. The van der Waals surface area contributed by atoms with Crippen molar-refractivity contribution in [1.82, 2.24) is 0 Å². The summed E-state index contributed by atoms with van der Waals surface area (Å²) in [6.07, 6.45) is 0.990. The van der Waals surface area contributed by atoms with Crippen molar-refractivity contribution in [3.63, 3.8) is 0 Å². The number of rotatable bonds is 6. The minimum absolute atomic E-state index is 0.117. The Morgan fingerprint density at radius 2 is 1.94 bits per heavy atom. The Morgan fingerprint density at radius 3 is 2.44 bits per heavy atom. The first-order valence-electron chi connectivity index (χ1n) is 5.62. The molecular formula is C12H17O4PS. The second-order valence-electron chi connectivity index (χ2n) is 4.07. The lowest BCUT2D eigenvalue weighted by molar-refractivity contribution is -0.109. The standard InChI is InChI=1S/C12H17O4PS/c1-10(13)18-9-12(17(14,15)16)8-7-11-5-3-2-4-6-11/h2-6,12H,7-9H2,1H3,(H2,14,15,16). The van der Waals surface area contributed by atoms with E-state index >= 15 is 0 Å². The summed E-state index contributed by atoms with van der Waals surface area (Å²) in [5, 5.41) is -0.117. The van der Waals surface area contributed by atoms with Gasteiger partial charge in [-0.25, -0.2) is 0 Å². The zero-order valence-electron chi connectivity index (χ0n) is 10.2. The van der Waals surface area contributed by atoms with Crippen LogP contribution in [0.15, 0.2) is 30.3 Å². The van der Waals surface area contributed by atoms with Crippen molar-refractivity contribution in [2.24, 2.45) is 0 Å². The molecule has 1 atom stereocenters. The van der Waals surface area contributed by atoms with Gasteiger partial charge < -0.3 is 9.79 Å². The summed E-state index contributed by atoms with van der Waals surface area (Å²) in [5.41, 5.74) is 0.287. The van der Waals surface area contributed by atoms with Gasteiger partial charge in [0.15, 0.2) is 5.12 Å². The molecule has 0 heterocycles. The second-order valence-corrected chi connectivity index (χ2v) is 7.18. The molecular weight excluding hydrogens is 271 g/mol. The zero-order valence-corrected chi connectivity index (χ0v) is 11.9. The highest BCUT2D eigenvalue weighted by Gasteiger charge is 2.28. The molecule has 0 bridgehead atoms. The van der Waals surface area contributed by atoms with E-state index in [-0.39, 0.29) is 10.9 Å². The van der Waals surface area contributed by atoms with E-state index in [0.29, 0.717) is 12.8 Å². The summed E-state index contributed by atoms with van der Waals surface area (Å²) in [4.78, 5) is 29.4. The van der Waals surface area contributed by atoms with Gasteiger partial charge in [0.1, 0.15) is 0 Å². The Bertz CT molecular complexity index is 429. The number of hydrogen-bond donors (Lipinski definition) is 2. The van der Waals surface area contributed by atoms with Crippen molar-refractivity contribution >= 4 is 24.5 Å². The Kier molecular flexibility index (Phi) is 6.09. The van der Waals surface area contributed by atoms with E-state index in [9.17, 15) is 19.1 Å². The van der Waals surface area contributed by atoms with E-state index < -0.39 is 13.3 Å². The number of carbonyl (C=O) groups is 1. The quantitative estimate of drug-likeness (QED) is 0.786. The highest BCUT2D eigenvalue weighted by atomic mass is 32.2. The lowest BCUT2D eigenvalue weighted by Crippen LogP contribution is -2.14. The average molecular weight is 288 g/mol. The predicted octanol–water partition coefficient (Wildman–Crippen LogP) is 2.45. The molecule has 0 fully saturated rings. The fourth-order valence-electron chi connectivity index (χ4n) is 1.54. The zero-order chi connectivity index (χ0) is 13.6. The van der Waals surface area contributed by atoms with Crippen molar-refractivity contribution in [3.05, 3.63) is 35.9 Å². The number of benzene rings is 1. The highest BCUT2D eigenvalue weighted by molar-refractivity contribution is 8.13. The van der Waals surface area contributed by atoms with E-state index in [1.165, 1.54) is 6.92 Å². The van der Waals surface area contributed by atoms with Crippen molar-refractivity contribution in [2.45, 2.75) is 25.4 Å². The molecule has 0 aromatic heterocycles. The van der Waals surface area contributed by atoms with Crippen molar-refractivity contribution in [2.75, 3.05) is 5.75 Å². The molecule has 0 radical (unpaired) electrons. The van der Waals surface area contributed by atoms with E-state index in [4.69, 9.17) is 0 Å². The van der Waals surface area contributed by atoms with Gasteiger partial charge in [0.25, 0.3) is 0 Å². The van der Waals surface area contributed by atoms with Crippen LogP contribution in [0.1, 0.15) is 18.9 Å². The van der Waals surface area contributed by atoms with E-state index in [0.717, 1.165) is 17.3 Å². The van der Waals surface area contributed by atoms with Gasteiger partial charge >= 0.3 is 7.60 Å². The van der Waals surface area contributed by atoms with Gasteiger partial charge in [-0.3, -0.25) is 9.36 Å². The average Bonchev–Trinajstić information content (AvgIpc) is 2.28. The van der Waals surface area contributed by atoms with Crippen LogP contribution in [0.2, 0.25) is 0 Å². The fraction of sp³-hybridized carbons (Fsp3) is 0.417. The Balaban J connectivity index is 2.57. The third-order valence-electron chi connectivity index (χ3n) is 2.56. The van der Waals surface area contributed by atoms with Crippen LogP contribution >= 0.6 is 19.4 Å². The molecule has 0 saturated heterocycles. The first kappa shape index (κ1) is 15.4. The molecule has 1 aromatic rings. The maximum Gasteiger partial charge on any atom is 0.329 e. The summed E-state index contributed by atoms with van der Waals surface area (Å²) >= 11 is 0.970. The maximum atomic E-state index is 11.3. The van der Waals surface area contributed by atoms with Crippen LogP contribution in [-0.4, -0.2) is 26.3 Å². The van der Waals surface area contributed by atoms with Gasteiger partial charge in [0, 0.05) is 12.7 Å². The van der Waals surface area contributed by atoms with Gasteiger partial charge in [-0.15, -0.1) is 0 Å². The van der Waals surface area contributed by atoms with Gasteiger partial charge in [-0.05, 0) is 18.4 Å². The molecule has 1 aromatic carbocycles. The summed E-state index contributed by atoms with van der Waals surface area (Å²) in [5.74, 6) is 0.173. The van der Waals surface area contributed by atoms with Gasteiger partial charge in [-0.2, -0.15) is 0 Å². The molecule has 0 aliphatic heterocycles. The Morgan fingerprint density at radius 1 is 1.33 bits per heavy atom. The first-order chi connectivity index (χ1) is 8.39. The molecule has 1 rings (SSSR count). The fourth-order valence-corrected chi connectivity index (χ4v) is 3.60. The minimum atomic E-state index is -4.14. The largest absolute Gasteiger partial charge is 0.329 e. The monoisotopic (exact) mass is 288 g/mol. The van der Waals surface area contributed by atoms with Crippen molar-refractivity contribution in [3.8, 4) is 0 Å². The molecule has 0 aliphatic rings. The van der Waals surface area contributed by atoms with E-state index in [1.54, 1.807) is 0 Å². The topological polar surface area (TPSA) is 74.6 Å². The lowest BCUT2D eigenvalue weighted by Gasteiger charge is -2.17. The Hall–Kier alpha value is -0.610. The highest BCUT2D eigenvalue weighted by Crippen LogP contribution is 2.44. The Labute approximate surface area is 111 Å². The molecule has 0 saturated carbocycles. The number of hydrogen-bond acceptors (Lipinski definition) is 3. The summed E-state index contributed by atoms with van der Waals surface area (Å²) in [7, 11) is -4.14. The number of aryl methyl sites for hydroxylation is 1. The predicted molar refractivity (Wildman–Crippen MR) is 73.7 cm³/mol. The normalized spacial score (nSPS) is 13.3. The number of carbonyl (C=O) groups excluding carboxylic acids is 1. The molecule has 0 spiro atoms. The third kappa shape index (κ3) is 5.83. The number of thioether (sulfide) groups is 1. The van der Waals surface area contributed by atoms with E-state index in [1.807, 2.05) is 30.3 Å². The molecule has 100 valence electrons. The SMILES string of the molecule is CC(=O)SCC(CCc1ccccc1)P(=O)(O)O. The summed E-state index contributed by atoms with van der Waals surface area (Å²) in [6.45, 7) is 1.40. The van der Waals surface area contributed by atoms with Crippen LogP contribution in [0.5, 0.6) is 0 Å². The smallest absolute Gasteiger partial charge is 0.324 e.